The highest BCUT2D eigenvalue weighted by atomic mass is 35.5. The Morgan fingerprint density at radius 2 is 1.68 bits per heavy atom. The minimum Gasteiger partial charge on any atom is -0.355 e. The predicted molar refractivity (Wildman–Crippen MR) is 142 cm³/mol. The topological polar surface area (TPSA) is 73.0 Å². The van der Waals surface area contributed by atoms with Gasteiger partial charge in [-0.15, -0.1) is 0 Å². The Kier molecular flexibility index (Phi) is 8.30. The fourth-order valence-electron chi connectivity index (χ4n) is 4.80. The van der Waals surface area contributed by atoms with Crippen LogP contribution in [0.2, 0.25) is 5.02 Å². The van der Waals surface area contributed by atoms with E-state index in [1.165, 1.54) is 18.3 Å². The van der Waals surface area contributed by atoms with Gasteiger partial charge in [-0.3, -0.25) is 5.73 Å². The van der Waals surface area contributed by atoms with Gasteiger partial charge in [0.1, 0.15) is 5.82 Å². The highest BCUT2D eigenvalue weighted by Crippen LogP contribution is 2.42. The van der Waals surface area contributed by atoms with E-state index < -0.39 is 34.2 Å². The summed E-state index contributed by atoms with van der Waals surface area (Å²) in [6, 6.07) is 5.49. The second-order valence-corrected chi connectivity index (χ2v) is 10.5. The standard InChI is InChI=1S/C26H30ClF6N7/c1-38(2)13-14-39(3)23-36-21-9-12-40(22-19(26(31,32)33)5-4-10-35-22)11-8-18(21)24(34,37-23)16-6-7-17(20(27)15-16)25(28,29)30/h4-7,10,15H,8-9,11-14,34H2,1-3H3,(H,36,37). The summed E-state index contributed by atoms with van der Waals surface area (Å²) in [5.74, 6) is 0.195. The number of nitrogens with zero attached hydrogens (tertiary/aromatic N) is 5. The van der Waals surface area contributed by atoms with Crippen LogP contribution >= 0.6 is 11.6 Å². The van der Waals surface area contributed by atoms with Gasteiger partial charge >= 0.3 is 12.4 Å². The third-order valence-electron chi connectivity index (χ3n) is 6.98. The number of aromatic nitrogens is 1. The average molecular weight is 590 g/mol. The van der Waals surface area contributed by atoms with Crippen molar-refractivity contribution in [3.05, 3.63) is 69.5 Å². The monoisotopic (exact) mass is 589 g/mol. The number of benzene rings is 1. The van der Waals surface area contributed by atoms with Gasteiger partial charge in [-0.25, -0.2) is 9.98 Å². The van der Waals surface area contributed by atoms with Crippen molar-refractivity contribution in [2.75, 3.05) is 52.2 Å². The van der Waals surface area contributed by atoms with E-state index in [-0.39, 0.29) is 37.3 Å². The zero-order valence-corrected chi connectivity index (χ0v) is 22.9. The minimum absolute atomic E-state index is 0.134. The molecule has 7 nitrogen and oxygen atoms in total. The van der Waals surface area contributed by atoms with Crippen molar-refractivity contribution in [1.82, 2.24) is 20.1 Å². The minimum atomic E-state index is -4.65. The second-order valence-electron chi connectivity index (χ2n) is 10.1. The molecule has 1 unspecified atom stereocenters. The molecule has 1 aromatic carbocycles. The summed E-state index contributed by atoms with van der Waals surface area (Å²) in [5, 5.41) is 2.76. The second kappa shape index (κ2) is 11.1. The first kappa shape index (κ1) is 29.9. The molecule has 2 aliphatic rings. The van der Waals surface area contributed by atoms with E-state index in [2.05, 4.69) is 10.3 Å². The smallest absolute Gasteiger partial charge is 0.355 e. The molecule has 40 heavy (non-hydrogen) atoms. The lowest BCUT2D eigenvalue weighted by molar-refractivity contribution is -0.138. The summed E-state index contributed by atoms with van der Waals surface area (Å²) < 4.78 is 81.5. The van der Waals surface area contributed by atoms with E-state index >= 15 is 0 Å². The van der Waals surface area contributed by atoms with Crippen LogP contribution in [0.5, 0.6) is 0 Å². The fraction of sp³-hybridized carbons (Fsp3) is 0.462. The largest absolute Gasteiger partial charge is 0.419 e. The van der Waals surface area contributed by atoms with Crippen LogP contribution in [0.1, 0.15) is 29.5 Å². The zero-order valence-electron chi connectivity index (χ0n) is 22.2. The van der Waals surface area contributed by atoms with Crippen LogP contribution in [0, 0.1) is 0 Å². The molecule has 2 aliphatic heterocycles. The molecule has 3 N–H and O–H groups in total. The molecule has 1 aromatic heterocycles. The van der Waals surface area contributed by atoms with Crippen LogP contribution in [-0.4, -0.2) is 68.1 Å². The van der Waals surface area contributed by atoms with Crippen LogP contribution in [0.4, 0.5) is 32.2 Å². The first-order chi connectivity index (χ1) is 18.6. The molecule has 14 heteroatoms. The van der Waals surface area contributed by atoms with Gasteiger partial charge in [-0.05, 0) is 55.9 Å². The number of halogens is 7. The molecule has 0 saturated heterocycles. The summed E-state index contributed by atoms with van der Waals surface area (Å²) in [6.07, 6.45) is -7.49. The predicted octanol–water partition coefficient (Wildman–Crippen LogP) is 4.89. The van der Waals surface area contributed by atoms with Crippen LogP contribution in [0.3, 0.4) is 0 Å². The molecular formula is C26H30ClF6N7. The summed E-state index contributed by atoms with van der Waals surface area (Å²) in [7, 11) is 5.62. The Labute approximate surface area is 233 Å². The molecule has 218 valence electrons. The number of nitrogens with one attached hydrogen (secondary N) is 1. The SMILES string of the molecule is CN(C)CCN(C)C1=NC(N)(c2ccc(C(F)(F)F)c(Cl)c2)C2=C(CCN(c3ncccc3C(F)(F)F)CC2)N1. The number of hydrogen-bond acceptors (Lipinski definition) is 7. The summed E-state index contributed by atoms with van der Waals surface area (Å²) >= 11 is 6.05. The number of rotatable bonds is 5. The number of anilines is 1. The average Bonchev–Trinajstić information content (AvgIpc) is 3.09. The Bertz CT molecular complexity index is 1310. The van der Waals surface area contributed by atoms with Crippen molar-refractivity contribution < 1.29 is 26.3 Å². The van der Waals surface area contributed by atoms with Crippen molar-refractivity contribution in [3.63, 3.8) is 0 Å². The van der Waals surface area contributed by atoms with Gasteiger partial charge < -0.3 is 20.0 Å². The first-order valence-corrected chi connectivity index (χ1v) is 12.9. The summed E-state index contributed by atoms with van der Waals surface area (Å²) in [6.45, 7) is 1.57. The van der Waals surface area contributed by atoms with Gasteiger partial charge in [0.25, 0.3) is 0 Å². The maximum Gasteiger partial charge on any atom is 0.419 e. The fourth-order valence-corrected chi connectivity index (χ4v) is 5.09. The molecule has 0 bridgehead atoms. The van der Waals surface area contributed by atoms with E-state index in [0.29, 0.717) is 30.3 Å². The number of likely N-dealkylation sites (N-methyl/N-ethyl adjacent to an activating group) is 2. The van der Waals surface area contributed by atoms with E-state index in [1.807, 2.05) is 23.9 Å². The molecule has 2 aromatic rings. The molecule has 3 heterocycles. The Balaban J connectivity index is 1.74. The molecule has 0 saturated carbocycles. The normalized spacial score (nSPS) is 20.2. The van der Waals surface area contributed by atoms with Crippen LogP contribution in [0.15, 0.2) is 52.8 Å². The van der Waals surface area contributed by atoms with Gasteiger partial charge in [0.05, 0.1) is 16.1 Å². The quantitative estimate of drug-likeness (QED) is 0.484. The molecule has 0 aliphatic carbocycles. The number of guanidine groups is 1. The van der Waals surface area contributed by atoms with Crippen molar-refractivity contribution in [1.29, 1.82) is 0 Å². The maximum atomic E-state index is 13.7. The van der Waals surface area contributed by atoms with E-state index in [9.17, 15) is 26.3 Å². The lowest BCUT2D eigenvalue weighted by atomic mass is 9.86. The molecule has 0 fully saturated rings. The lowest BCUT2D eigenvalue weighted by Gasteiger charge is -2.38. The molecule has 0 amide bonds. The Morgan fingerprint density at radius 3 is 2.30 bits per heavy atom. The van der Waals surface area contributed by atoms with Crippen LogP contribution < -0.4 is 16.0 Å². The van der Waals surface area contributed by atoms with E-state index in [4.69, 9.17) is 22.3 Å². The number of aliphatic imine (C=N–C) groups is 1. The number of alkyl halides is 6. The van der Waals surface area contributed by atoms with Gasteiger partial charge in [-0.2, -0.15) is 26.3 Å². The van der Waals surface area contributed by atoms with Gasteiger partial charge in [0.2, 0.25) is 5.96 Å². The maximum absolute atomic E-state index is 13.7. The Morgan fingerprint density at radius 1 is 1.00 bits per heavy atom. The zero-order chi connectivity index (χ0) is 29.5. The van der Waals surface area contributed by atoms with Gasteiger partial charge in [0.15, 0.2) is 5.66 Å². The van der Waals surface area contributed by atoms with Crippen molar-refractivity contribution in [2.24, 2.45) is 10.7 Å². The van der Waals surface area contributed by atoms with E-state index in [1.54, 1.807) is 11.9 Å². The third kappa shape index (κ3) is 6.16. The van der Waals surface area contributed by atoms with E-state index in [0.717, 1.165) is 18.2 Å². The highest BCUT2D eigenvalue weighted by molar-refractivity contribution is 6.31. The highest BCUT2D eigenvalue weighted by Gasteiger charge is 2.42. The summed E-state index contributed by atoms with van der Waals surface area (Å²) in [4.78, 5) is 14.1. The van der Waals surface area contributed by atoms with Gasteiger partial charge in [-0.1, -0.05) is 17.7 Å². The third-order valence-corrected chi connectivity index (χ3v) is 7.30. The molecule has 4 rings (SSSR count). The van der Waals surface area contributed by atoms with Crippen molar-refractivity contribution in [3.8, 4) is 0 Å². The first-order valence-electron chi connectivity index (χ1n) is 12.5. The number of pyridine rings is 1. The lowest BCUT2D eigenvalue weighted by Crippen LogP contribution is -2.51. The number of nitrogens with two attached hydrogens (primary N) is 1. The molecular weight excluding hydrogens is 560 g/mol. The Hall–Kier alpha value is -3.03. The molecule has 0 radical (unpaired) electrons. The van der Waals surface area contributed by atoms with Gasteiger partial charge in [0, 0.05) is 51.5 Å². The molecule has 0 spiro atoms. The summed E-state index contributed by atoms with van der Waals surface area (Å²) in [5.41, 5.74) is 4.90. The van der Waals surface area contributed by atoms with Crippen molar-refractivity contribution >= 4 is 23.4 Å². The van der Waals surface area contributed by atoms with Crippen LogP contribution in [0.25, 0.3) is 0 Å². The van der Waals surface area contributed by atoms with Crippen molar-refractivity contribution in [2.45, 2.75) is 30.9 Å². The van der Waals surface area contributed by atoms with Crippen LogP contribution in [-0.2, 0) is 18.0 Å². The molecule has 1 atom stereocenters. The number of hydrogen-bond donors (Lipinski definition) is 2.